The molecule has 172 valence electrons. The maximum Gasteiger partial charge on any atom is 0.309 e. The van der Waals surface area contributed by atoms with Crippen molar-refractivity contribution in [3.63, 3.8) is 0 Å². The normalized spacial score (nSPS) is 13.4. The second kappa shape index (κ2) is 12.1. The van der Waals surface area contributed by atoms with Gasteiger partial charge < -0.3 is 18.9 Å². The third-order valence-corrected chi connectivity index (χ3v) is 5.11. The molecule has 0 amide bonds. The molecule has 0 aliphatic rings. The van der Waals surface area contributed by atoms with Crippen LogP contribution in [-0.2, 0) is 14.3 Å². The van der Waals surface area contributed by atoms with E-state index in [0.29, 0.717) is 28.5 Å². The summed E-state index contributed by atoms with van der Waals surface area (Å²) in [5.74, 6) is -0.250. The molecule has 0 spiro atoms. The maximum atomic E-state index is 12.8. The fourth-order valence-electron chi connectivity index (χ4n) is 3.06. The van der Waals surface area contributed by atoms with Crippen LogP contribution in [0.1, 0.15) is 46.2 Å². The van der Waals surface area contributed by atoms with Crippen LogP contribution in [0.4, 0.5) is 0 Å². The molecular weight excluding hydrogens is 430 g/mol. The van der Waals surface area contributed by atoms with Gasteiger partial charge in [0, 0.05) is 24.1 Å². The highest BCUT2D eigenvalue weighted by Gasteiger charge is 2.27. The molecule has 2 aromatic rings. The second-order valence-electron chi connectivity index (χ2n) is 7.33. The zero-order valence-electron chi connectivity index (χ0n) is 19.0. The summed E-state index contributed by atoms with van der Waals surface area (Å²) in [7, 11) is 1.46. The molecule has 0 saturated carbocycles. The third-order valence-electron chi connectivity index (χ3n) is 4.75. The molecule has 8 heteroatoms. The Morgan fingerprint density at radius 3 is 2.41 bits per heavy atom. The van der Waals surface area contributed by atoms with Crippen LogP contribution in [0.15, 0.2) is 42.6 Å². The topological polar surface area (TPSA) is 84.0 Å². The Hall–Kier alpha value is -3.00. The van der Waals surface area contributed by atoms with E-state index in [0.717, 1.165) is 0 Å². The van der Waals surface area contributed by atoms with E-state index in [1.165, 1.54) is 20.2 Å². The molecule has 0 fully saturated rings. The minimum atomic E-state index is -0.529. The largest absolute Gasteiger partial charge is 0.493 e. The fourth-order valence-corrected chi connectivity index (χ4v) is 3.45. The van der Waals surface area contributed by atoms with Crippen LogP contribution in [0.3, 0.4) is 0 Å². The maximum absolute atomic E-state index is 12.8. The van der Waals surface area contributed by atoms with Crippen LogP contribution >= 0.6 is 12.2 Å². The molecule has 0 N–H and O–H groups in total. The molecule has 0 radical (unpaired) electrons. The van der Waals surface area contributed by atoms with Gasteiger partial charge in [-0.1, -0.05) is 44.3 Å². The fraction of sp³-hybridized carbons (Fsp3) is 0.417. The molecular formula is C24H29NO6S. The van der Waals surface area contributed by atoms with Crippen molar-refractivity contribution >= 4 is 29.0 Å². The van der Waals surface area contributed by atoms with E-state index in [-0.39, 0.29) is 24.2 Å². The molecule has 0 saturated heterocycles. The minimum absolute atomic E-state index is 0.143. The first-order valence-electron chi connectivity index (χ1n) is 10.4. The van der Waals surface area contributed by atoms with Gasteiger partial charge in [-0.15, -0.1) is 0 Å². The van der Waals surface area contributed by atoms with Gasteiger partial charge in [0.25, 0.3) is 0 Å². The van der Waals surface area contributed by atoms with E-state index in [1.54, 1.807) is 13.0 Å². The molecule has 1 aromatic carbocycles. The average molecular weight is 460 g/mol. The lowest BCUT2D eigenvalue weighted by Crippen LogP contribution is -2.35. The summed E-state index contributed by atoms with van der Waals surface area (Å²) in [5, 5.41) is 0. The Balaban J connectivity index is 2.05. The number of para-hydroxylation sites is 1. The lowest BCUT2D eigenvalue weighted by molar-refractivity contribution is -0.157. The van der Waals surface area contributed by atoms with Crippen LogP contribution in [0.5, 0.6) is 17.2 Å². The van der Waals surface area contributed by atoms with Gasteiger partial charge in [-0.05, 0) is 31.9 Å². The van der Waals surface area contributed by atoms with Gasteiger partial charge in [0.1, 0.15) is 23.7 Å². The number of hydrogen-bond donors (Lipinski definition) is 0. The smallest absolute Gasteiger partial charge is 0.309 e. The summed E-state index contributed by atoms with van der Waals surface area (Å²) in [6.07, 6.45) is 1.58. The number of carbonyl (C=O) groups is 2. The van der Waals surface area contributed by atoms with Gasteiger partial charge in [0.15, 0.2) is 11.5 Å². The summed E-state index contributed by atoms with van der Waals surface area (Å²) in [4.78, 5) is 28.9. The molecule has 2 rings (SSSR count). The summed E-state index contributed by atoms with van der Waals surface area (Å²) >= 11 is 5.50. The highest BCUT2D eigenvalue weighted by molar-refractivity contribution is 7.80. The molecule has 0 unspecified atom stereocenters. The first-order valence-corrected chi connectivity index (χ1v) is 10.8. The molecule has 0 aliphatic heterocycles. The first kappa shape index (κ1) is 25.3. The van der Waals surface area contributed by atoms with E-state index < -0.39 is 18.0 Å². The van der Waals surface area contributed by atoms with Gasteiger partial charge >= 0.3 is 11.9 Å². The van der Waals surface area contributed by atoms with Crippen LogP contribution in [0.2, 0.25) is 0 Å². The van der Waals surface area contributed by atoms with Crippen molar-refractivity contribution in [1.29, 1.82) is 0 Å². The zero-order chi connectivity index (χ0) is 23.7. The van der Waals surface area contributed by atoms with E-state index >= 15 is 0 Å². The van der Waals surface area contributed by atoms with Crippen molar-refractivity contribution in [3.8, 4) is 17.2 Å². The van der Waals surface area contributed by atoms with Crippen molar-refractivity contribution in [2.75, 3.05) is 7.11 Å². The molecule has 3 atom stereocenters. The van der Waals surface area contributed by atoms with E-state index in [1.807, 2.05) is 44.2 Å². The number of rotatable bonds is 11. The number of nitrogens with zero attached hydrogens (tertiary/aromatic N) is 1. The third kappa shape index (κ3) is 7.02. The molecule has 32 heavy (non-hydrogen) atoms. The Bertz CT molecular complexity index is 933. The number of thiocarbonyl (C=S) groups is 1. The Morgan fingerprint density at radius 1 is 1.12 bits per heavy atom. The number of carbonyl (C=O) groups excluding carboxylic acids is 2. The van der Waals surface area contributed by atoms with Gasteiger partial charge in [-0.2, -0.15) is 0 Å². The predicted octanol–water partition coefficient (Wildman–Crippen LogP) is 4.55. The van der Waals surface area contributed by atoms with Crippen molar-refractivity contribution in [2.45, 2.75) is 52.7 Å². The van der Waals surface area contributed by atoms with Gasteiger partial charge in [0.2, 0.25) is 0 Å². The molecule has 0 bridgehead atoms. The number of hydrogen-bond acceptors (Lipinski definition) is 8. The molecule has 1 aromatic heterocycles. The minimum Gasteiger partial charge on any atom is -0.493 e. The zero-order valence-corrected chi connectivity index (χ0v) is 19.8. The molecule has 7 nitrogen and oxygen atoms in total. The highest BCUT2D eigenvalue weighted by atomic mass is 32.1. The Morgan fingerprint density at radius 2 is 1.81 bits per heavy atom. The standard InChI is InChI=1S/C24H29NO6S/c1-6-19(16(3)29-18-10-8-7-9-11-18)31-24(27)15(2)14-21(32)22-23(30-17(4)26)20(28-5)12-13-25-22/h7-13,15-16,19H,6,14H2,1-5H3/t15-,16-,19+/m1/s1. The number of ether oxygens (including phenoxy) is 4. The lowest BCUT2D eigenvalue weighted by Gasteiger charge is -2.25. The van der Waals surface area contributed by atoms with Crippen molar-refractivity contribution < 1.29 is 28.5 Å². The predicted molar refractivity (Wildman–Crippen MR) is 124 cm³/mol. The number of aromatic nitrogens is 1. The van der Waals surface area contributed by atoms with E-state index in [9.17, 15) is 9.59 Å². The van der Waals surface area contributed by atoms with Gasteiger partial charge in [0.05, 0.1) is 13.0 Å². The molecule has 0 aliphatic carbocycles. The monoisotopic (exact) mass is 459 g/mol. The number of methoxy groups -OCH3 is 1. The van der Waals surface area contributed by atoms with Crippen molar-refractivity contribution in [1.82, 2.24) is 4.98 Å². The summed E-state index contributed by atoms with van der Waals surface area (Å²) in [6, 6.07) is 11.0. The van der Waals surface area contributed by atoms with Crippen LogP contribution in [0, 0.1) is 5.92 Å². The number of pyridine rings is 1. The van der Waals surface area contributed by atoms with Gasteiger partial charge in [-0.3, -0.25) is 14.6 Å². The van der Waals surface area contributed by atoms with Crippen molar-refractivity contribution in [3.05, 3.63) is 48.3 Å². The number of benzene rings is 1. The Labute approximate surface area is 194 Å². The van der Waals surface area contributed by atoms with Crippen LogP contribution in [0.25, 0.3) is 0 Å². The lowest BCUT2D eigenvalue weighted by atomic mass is 10.0. The summed E-state index contributed by atoms with van der Waals surface area (Å²) in [5.41, 5.74) is 0.294. The first-order chi connectivity index (χ1) is 15.3. The molecule has 1 heterocycles. The Kier molecular flexibility index (Phi) is 9.59. The van der Waals surface area contributed by atoms with Crippen molar-refractivity contribution in [2.24, 2.45) is 5.92 Å². The van der Waals surface area contributed by atoms with Crippen LogP contribution < -0.4 is 14.2 Å². The second-order valence-corrected chi connectivity index (χ2v) is 7.83. The number of esters is 2. The highest BCUT2D eigenvalue weighted by Crippen LogP contribution is 2.31. The van der Waals surface area contributed by atoms with E-state index in [4.69, 9.17) is 31.2 Å². The summed E-state index contributed by atoms with van der Waals surface area (Å²) < 4.78 is 22.1. The summed E-state index contributed by atoms with van der Waals surface area (Å²) in [6.45, 7) is 6.82. The van der Waals surface area contributed by atoms with E-state index in [2.05, 4.69) is 4.98 Å². The van der Waals surface area contributed by atoms with Crippen LogP contribution in [-0.4, -0.2) is 41.1 Å². The SMILES string of the molecule is CC[C@H](OC(=O)[C@H](C)CC(=S)c1nccc(OC)c1OC(C)=O)[C@@H](C)Oc1ccccc1. The average Bonchev–Trinajstić information content (AvgIpc) is 2.77. The quantitative estimate of drug-likeness (QED) is 0.275. The van der Waals surface area contributed by atoms with Gasteiger partial charge in [-0.25, -0.2) is 0 Å².